The van der Waals surface area contributed by atoms with Gasteiger partial charge in [-0.25, -0.2) is 4.39 Å². The molecule has 0 aliphatic carbocycles. The summed E-state index contributed by atoms with van der Waals surface area (Å²) in [5.74, 6) is 6.03. The Labute approximate surface area is 116 Å². The van der Waals surface area contributed by atoms with Crippen LogP contribution in [0.5, 0.6) is 0 Å². The Morgan fingerprint density at radius 2 is 2.21 bits per heavy atom. The second-order valence-corrected chi connectivity index (χ2v) is 5.09. The molecule has 0 spiro atoms. The molecule has 0 aliphatic heterocycles. The topological polar surface area (TPSA) is 55.9 Å². The Bertz CT molecular complexity index is 529. The number of rotatable bonds is 6. The van der Waals surface area contributed by atoms with Gasteiger partial charge in [0.2, 0.25) is 0 Å². The lowest BCUT2D eigenvalue weighted by Gasteiger charge is -2.17. The third-order valence-corrected chi connectivity index (χ3v) is 3.99. The highest BCUT2D eigenvalue weighted by Gasteiger charge is 2.15. The van der Waals surface area contributed by atoms with Crippen LogP contribution < -0.4 is 11.3 Å². The Morgan fingerprint density at radius 3 is 2.89 bits per heavy atom. The van der Waals surface area contributed by atoms with Crippen molar-refractivity contribution in [2.45, 2.75) is 24.4 Å². The zero-order valence-electron chi connectivity index (χ0n) is 10.7. The van der Waals surface area contributed by atoms with Gasteiger partial charge in [0.25, 0.3) is 0 Å². The summed E-state index contributed by atoms with van der Waals surface area (Å²) < 4.78 is 15.4. The standard InChI is InChI=1S/C13H17FN4S/c1-2-18-12(7-8-16-18)11(17-15)9-19-13-6-4-3-5-10(13)14/h3-8,11,17H,2,9,15H2,1H3. The average molecular weight is 280 g/mol. The van der Waals surface area contributed by atoms with Gasteiger partial charge in [0.1, 0.15) is 5.82 Å². The number of aryl methyl sites for hydroxylation is 1. The number of halogens is 1. The molecule has 0 saturated heterocycles. The number of nitrogens with two attached hydrogens (primary N) is 1. The van der Waals surface area contributed by atoms with Crippen LogP contribution in [0.1, 0.15) is 18.7 Å². The predicted octanol–water partition coefficient (Wildman–Crippen LogP) is 2.34. The van der Waals surface area contributed by atoms with Gasteiger partial charge in [0.15, 0.2) is 0 Å². The van der Waals surface area contributed by atoms with Gasteiger partial charge >= 0.3 is 0 Å². The van der Waals surface area contributed by atoms with E-state index in [0.717, 1.165) is 12.2 Å². The molecule has 2 rings (SSSR count). The maximum absolute atomic E-state index is 13.5. The van der Waals surface area contributed by atoms with Crippen LogP contribution in [0.4, 0.5) is 4.39 Å². The molecule has 3 N–H and O–H groups in total. The van der Waals surface area contributed by atoms with Gasteiger partial charge in [-0.05, 0) is 25.1 Å². The smallest absolute Gasteiger partial charge is 0.136 e. The van der Waals surface area contributed by atoms with Crippen molar-refractivity contribution in [2.24, 2.45) is 5.84 Å². The summed E-state index contributed by atoms with van der Waals surface area (Å²) in [5.41, 5.74) is 3.77. The molecule has 1 heterocycles. The highest BCUT2D eigenvalue weighted by molar-refractivity contribution is 7.99. The second kappa shape index (κ2) is 6.70. The Hall–Kier alpha value is -1.37. The van der Waals surface area contributed by atoms with Crippen molar-refractivity contribution in [3.05, 3.63) is 48.0 Å². The van der Waals surface area contributed by atoms with Crippen molar-refractivity contribution in [3.8, 4) is 0 Å². The van der Waals surface area contributed by atoms with E-state index in [-0.39, 0.29) is 11.9 Å². The van der Waals surface area contributed by atoms with Crippen LogP contribution in [0.3, 0.4) is 0 Å². The van der Waals surface area contributed by atoms with Crippen LogP contribution in [0.15, 0.2) is 41.4 Å². The Morgan fingerprint density at radius 1 is 1.42 bits per heavy atom. The van der Waals surface area contributed by atoms with E-state index in [2.05, 4.69) is 10.5 Å². The van der Waals surface area contributed by atoms with Crippen molar-refractivity contribution >= 4 is 11.8 Å². The van der Waals surface area contributed by atoms with Gasteiger partial charge in [0, 0.05) is 23.4 Å². The monoisotopic (exact) mass is 280 g/mol. The SMILES string of the molecule is CCn1nccc1C(CSc1ccccc1F)NN. The quantitative estimate of drug-likeness (QED) is 0.484. The summed E-state index contributed by atoms with van der Waals surface area (Å²) in [7, 11) is 0. The number of hydrogen-bond donors (Lipinski definition) is 2. The normalized spacial score (nSPS) is 12.6. The van der Waals surface area contributed by atoms with E-state index in [1.807, 2.05) is 23.7 Å². The van der Waals surface area contributed by atoms with Crippen molar-refractivity contribution < 1.29 is 4.39 Å². The molecule has 0 aliphatic rings. The molecule has 0 fully saturated rings. The van der Waals surface area contributed by atoms with E-state index in [1.165, 1.54) is 17.8 Å². The molecular formula is C13H17FN4S. The van der Waals surface area contributed by atoms with E-state index in [0.29, 0.717) is 10.6 Å². The summed E-state index contributed by atoms with van der Waals surface area (Å²) in [4.78, 5) is 0.630. The van der Waals surface area contributed by atoms with Crippen LogP contribution in [0.2, 0.25) is 0 Å². The van der Waals surface area contributed by atoms with Crippen LogP contribution in [0, 0.1) is 5.82 Å². The van der Waals surface area contributed by atoms with E-state index in [9.17, 15) is 4.39 Å². The van der Waals surface area contributed by atoms with Gasteiger partial charge in [-0.3, -0.25) is 16.0 Å². The molecule has 102 valence electrons. The molecule has 1 unspecified atom stereocenters. The molecule has 6 heteroatoms. The van der Waals surface area contributed by atoms with E-state index in [1.54, 1.807) is 18.3 Å². The summed E-state index contributed by atoms with van der Waals surface area (Å²) in [6, 6.07) is 8.60. The molecule has 19 heavy (non-hydrogen) atoms. The lowest BCUT2D eigenvalue weighted by atomic mass is 10.2. The van der Waals surface area contributed by atoms with E-state index < -0.39 is 0 Å². The summed E-state index contributed by atoms with van der Waals surface area (Å²) in [6.07, 6.45) is 1.75. The minimum absolute atomic E-state index is 0.0629. The molecule has 4 nitrogen and oxygen atoms in total. The minimum atomic E-state index is -0.202. The maximum atomic E-state index is 13.5. The molecule has 1 aromatic carbocycles. The van der Waals surface area contributed by atoms with E-state index in [4.69, 9.17) is 5.84 Å². The Kier molecular flexibility index (Phi) is 4.95. The maximum Gasteiger partial charge on any atom is 0.136 e. The fourth-order valence-electron chi connectivity index (χ4n) is 1.86. The van der Waals surface area contributed by atoms with Gasteiger partial charge in [-0.2, -0.15) is 5.10 Å². The molecule has 0 bridgehead atoms. The van der Waals surface area contributed by atoms with Crippen LogP contribution in [-0.2, 0) is 6.54 Å². The number of hydrazine groups is 1. The first kappa shape index (κ1) is 14.0. The fraction of sp³-hybridized carbons (Fsp3) is 0.308. The number of thioether (sulfide) groups is 1. The van der Waals surface area contributed by atoms with Gasteiger partial charge < -0.3 is 0 Å². The lowest BCUT2D eigenvalue weighted by molar-refractivity contribution is 0.527. The van der Waals surface area contributed by atoms with Crippen LogP contribution >= 0.6 is 11.8 Å². The van der Waals surface area contributed by atoms with Crippen molar-refractivity contribution in [1.82, 2.24) is 15.2 Å². The highest BCUT2D eigenvalue weighted by Crippen LogP contribution is 2.26. The third-order valence-electron chi connectivity index (χ3n) is 2.85. The number of hydrogen-bond acceptors (Lipinski definition) is 4. The van der Waals surface area contributed by atoms with Gasteiger partial charge in [0.05, 0.1) is 11.7 Å². The first-order valence-corrected chi connectivity index (χ1v) is 7.10. The first-order valence-electron chi connectivity index (χ1n) is 6.11. The van der Waals surface area contributed by atoms with Crippen molar-refractivity contribution in [2.75, 3.05) is 5.75 Å². The second-order valence-electron chi connectivity index (χ2n) is 4.03. The fourth-order valence-corrected chi connectivity index (χ4v) is 2.85. The molecule has 0 amide bonds. The van der Waals surface area contributed by atoms with E-state index >= 15 is 0 Å². The Balaban J connectivity index is 2.06. The zero-order valence-corrected chi connectivity index (χ0v) is 11.5. The molecule has 0 radical (unpaired) electrons. The minimum Gasteiger partial charge on any atom is -0.271 e. The van der Waals surface area contributed by atoms with Gasteiger partial charge in [-0.1, -0.05) is 12.1 Å². The average Bonchev–Trinajstić information content (AvgIpc) is 2.90. The number of nitrogens with one attached hydrogen (secondary N) is 1. The van der Waals surface area contributed by atoms with Gasteiger partial charge in [-0.15, -0.1) is 11.8 Å². The summed E-state index contributed by atoms with van der Waals surface area (Å²) in [5, 5.41) is 4.21. The van der Waals surface area contributed by atoms with Crippen LogP contribution in [-0.4, -0.2) is 15.5 Å². The molecule has 1 aromatic heterocycles. The number of benzene rings is 1. The molecular weight excluding hydrogens is 263 g/mol. The highest BCUT2D eigenvalue weighted by atomic mass is 32.2. The molecule has 1 atom stereocenters. The lowest BCUT2D eigenvalue weighted by Crippen LogP contribution is -2.31. The first-order chi connectivity index (χ1) is 9.26. The van der Waals surface area contributed by atoms with Crippen molar-refractivity contribution in [1.29, 1.82) is 0 Å². The molecule has 2 aromatic rings. The zero-order chi connectivity index (χ0) is 13.7. The van der Waals surface area contributed by atoms with Crippen molar-refractivity contribution in [3.63, 3.8) is 0 Å². The van der Waals surface area contributed by atoms with Crippen LogP contribution in [0.25, 0.3) is 0 Å². The third kappa shape index (κ3) is 3.34. The molecule has 0 saturated carbocycles. The number of nitrogens with zero attached hydrogens (tertiary/aromatic N) is 2. The summed E-state index contributed by atoms with van der Waals surface area (Å²) >= 11 is 1.44. The summed E-state index contributed by atoms with van der Waals surface area (Å²) in [6.45, 7) is 2.80. The predicted molar refractivity (Wildman–Crippen MR) is 75.1 cm³/mol. The number of aromatic nitrogens is 2. The largest absolute Gasteiger partial charge is 0.271 e.